The molecule has 1 aliphatic rings. The molecule has 1 amide bonds. The van der Waals surface area contributed by atoms with Gasteiger partial charge in [-0.2, -0.15) is 0 Å². The van der Waals surface area contributed by atoms with Gasteiger partial charge in [-0.05, 0) is 38.1 Å². The molecule has 2 aromatic rings. The zero-order valence-electron chi connectivity index (χ0n) is 14.1. The lowest BCUT2D eigenvalue weighted by Crippen LogP contribution is -2.51. The summed E-state index contributed by atoms with van der Waals surface area (Å²) in [5.41, 5.74) is 0.902. The average molecular weight is 329 g/mol. The minimum atomic E-state index is -0.704. The molecule has 0 saturated carbocycles. The quantitative estimate of drug-likeness (QED) is 0.898. The van der Waals surface area contributed by atoms with Crippen molar-refractivity contribution in [1.82, 2.24) is 24.6 Å². The number of aromatic nitrogens is 3. The molecule has 1 saturated heterocycles. The number of hydrogen-bond acceptors (Lipinski definition) is 5. The molecule has 128 valence electrons. The Balaban J connectivity index is 1.59. The van der Waals surface area contributed by atoms with Crippen molar-refractivity contribution >= 4 is 5.91 Å². The van der Waals surface area contributed by atoms with Crippen LogP contribution in [-0.2, 0) is 0 Å². The zero-order chi connectivity index (χ0) is 17.2. The molecule has 0 spiro atoms. The van der Waals surface area contributed by atoms with E-state index in [9.17, 15) is 9.90 Å². The monoisotopic (exact) mass is 329 g/mol. The van der Waals surface area contributed by atoms with Gasteiger partial charge in [-0.3, -0.25) is 14.3 Å². The van der Waals surface area contributed by atoms with E-state index in [1.165, 1.54) is 0 Å². The van der Waals surface area contributed by atoms with Crippen LogP contribution in [0, 0.1) is 0 Å². The molecule has 0 radical (unpaired) electrons. The first-order valence-electron chi connectivity index (χ1n) is 8.11. The van der Waals surface area contributed by atoms with Gasteiger partial charge in [0.15, 0.2) is 0 Å². The van der Waals surface area contributed by atoms with Crippen molar-refractivity contribution in [3.63, 3.8) is 0 Å². The molecule has 1 N–H and O–H groups in total. The highest BCUT2D eigenvalue weighted by Gasteiger charge is 2.25. The van der Waals surface area contributed by atoms with Crippen LogP contribution in [0.4, 0.5) is 0 Å². The second-order valence-electron chi connectivity index (χ2n) is 6.80. The topological polar surface area (TPSA) is 74.5 Å². The number of nitrogens with zero attached hydrogens (tertiary/aromatic N) is 5. The van der Waals surface area contributed by atoms with Crippen LogP contribution in [0.3, 0.4) is 0 Å². The van der Waals surface area contributed by atoms with Crippen molar-refractivity contribution in [1.29, 1.82) is 0 Å². The maximum Gasteiger partial charge on any atom is 0.253 e. The van der Waals surface area contributed by atoms with Crippen LogP contribution in [-0.4, -0.2) is 73.9 Å². The van der Waals surface area contributed by atoms with Gasteiger partial charge in [0.2, 0.25) is 0 Å². The van der Waals surface area contributed by atoms with Gasteiger partial charge in [0.05, 0.1) is 5.60 Å². The van der Waals surface area contributed by atoms with E-state index in [0.717, 1.165) is 18.8 Å². The predicted octanol–water partition coefficient (Wildman–Crippen LogP) is 0.796. The number of carbonyl (C=O) groups excluding carboxylic acids is 1. The fourth-order valence-corrected chi connectivity index (χ4v) is 2.95. The fourth-order valence-electron chi connectivity index (χ4n) is 2.95. The lowest BCUT2D eigenvalue weighted by molar-refractivity contribution is 0.0178. The summed E-state index contributed by atoms with van der Waals surface area (Å²) in [7, 11) is 0. The first-order chi connectivity index (χ1) is 11.4. The molecule has 1 fully saturated rings. The molecule has 2 heterocycles. The minimum Gasteiger partial charge on any atom is -0.389 e. The molecule has 1 aromatic carbocycles. The Morgan fingerprint density at radius 1 is 1.08 bits per heavy atom. The molecule has 0 aliphatic carbocycles. The SMILES string of the molecule is CC(C)(O)CN1CCN(C(=O)c2ccc(-n3cnnc3)cc2)CC1. The second kappa shape index (κ2) is 6.70. The lowest BCUT2D eigenvalue weighted by Gasteiger charge is -2.37. The van der Waals surface area contributed by atoms with E-state index < -0.39 is 5.60 Å². The molecule has 1 aromatic heterocycles. The number of rotatable bonds is 4. The van der Waals surface area contributed by atoms with E-state index >= 15 is 0 Å². The maximum atomic E-state index is 12.6. The molecular weight excluding hydrogens is 306 g/mol. The van der Waals surface area contributed by atoms with Gasteiger partial charge in [0.1, 0.15) is 12.7 Å². The van der Waals surface area contributed by atoms with Crippen molar-refractivity contribution in [3.8, 4) is 5.69 Å². The summed E-state index contributed by atoms with van der Waals surface area (Å²) < 4.78 is 1.80. The molecule has 3 rings (SSSR count). The molecule has 0 unspecified atom stereocenters. The van der Waals surface area contributed by atoms with Crippen LogP contribution in [0.1, 0.15) is 24.2 Å². The van der Waals surface area contributed by atoms with Crippen molar-refractivity contribution in [2.45, 2.75) is 19.4 Å². The second-order valence-corrected chi connectivity index (χ2v) is 6.80. The van der Waals surface area contributed by atoms with Crippen molar-refractivity contribution in [3.05, 3.63) is 42.5 Å². The highest BCUT2D eigenvalue weighted by Crippen LogP contribution is 2.14. The summed E-state index contributed by atoms with van der Waals surface area (Å²) in [6.07, 6.45) is 3.25. The first kappa shape index (κ1) is 16.6. The fraction of sp³-hybridized carbons (Fsp3) is 0.471. The van der Waals surface area contributed by atoms with Crippen LogP contribution < -0.4 is 0 Å². The van der Waals surface area contributed by atoms with Crippen LogP contribution in [0.15, 0.2) is 36.9 Å². The van der Waals surface area contributed by atoms with Gasteiger partial charge in [0.25, 0.3) is 5.91 Å². The van der Waals surface area contributed by atoms with E-state index in [1.54, 1.807) is 17.2 Å². The largest absolute Gasteiger partial charge is 0.389 e. The molecule has 0 bridgehead atoms. The number of amides is 1. The number of aliphatic hydroxyl groups is 1. The number of piperazine rings is 1. The molecule has 0 atom stereocenters. The highest BCUT2D eigenvalue weighted by atomic mass is 16.3. The summed E-state index contributed by atoms with van der Waals surface area (Å²) in [5, 5.41) is 17.4. The van der Waals surface area contributed by atoms with Gasteiger partial charge in [-0.1, -0.05) is 0 Å². The zero-order valence-corrected chi connectivity index (χ0v) is 14.1. The van der Waals surface area contributed by atoms with Gasteiger partial charge >= 0.3 is 0 Å². The molecule has 1 aliphatic heterocycles. The molecule has 24 heavy (non-hydrogen) atoms. The Labute approximate surface area is 141 Å². The molecule has 7 nitrogen and oxygen atoms in total. The number of benzene rings is 1. The molecular formula is C17H23N5O2. The van der Waals surface area contributed by atoms with E-state index in [2.05, 4.69) is 15.1 Å². The Bertz CT molecular complexity index is 668. The van der Waals surface area contributed by atoms with Gasteiger partial charge < -0.3 is 10.0 Å². The first-order valence-corrected chi connectivity index (χ1v) is 8.11. The van der Waals surface area contributed by atoms with Crippen molar-refractivity contribution < 1.29 is 9.90 Å². The minimum absolute atomic E-state index is 0.0493. The standard InChI is InChI=1S/C17H23N5O2/c1-17(2,24)11-20-7-9-21(10-8-20)16(23)14-3-5-15(6-4-14)22-12-18-19-13-22/h3-6,12-13,24H,7-11H2,1-2H3. The van der Waals surface area contributed by atoms with E-state index in [-0.39, 0.29) is 5.91 Å². The van der Waals surface area contributed by atoms with Crippen LogP contribution in [0.2, 0.25) is 0 Å². The summed E-state index contributed by atoms with van der Waals surface area (Å²) >= 11 is 0. The number of hydrogen-bond donors (Lipinski definition) is 1. The van der Waals surface area contributed by atoms with Crippen LogP contribution in [0.5, 0.6) is 0 Å². The number of β-amino-alcohol motifs (C(OH)–C–C–N with tert-alkyl or cyclic N) is 1. The van der Waals surface area contributed by atoms with Gasteiger partial charge in [-0.25, -0.2) is 0 Å². The Hall–Kier alpha value is -2.25. The summed E-state index contributed by atoms with van der Waals surface area (Å²) in [5.74, 6) is 0.0493. The average Bonchev–Trinajstić information content (AvgIpc) is 3.08. The third kappa shape index (κ3) is 3.98. The van der Waals surface area contributed by atoms with E-state index in [1.807, 2.05) is 43.0 Å². The highest BCUT2D eigenvalue weighted by molar-refractivity contribution is 5.94. The Morgan fingerprint density at radius 3 is 2.21 bits per heavy atom. The van der Waals surface area contributed by atoms with E-state index in [0.29, 0.717) is 25.2 Å². The molecule has 7 heteroatoms. The normalized spacial score (nSPS) is 16.4. The van der Waals surface area contributed by atoms with Crippen molar-refractivity contribution in [2.75, 3.05) is 32.7 Å². The summed E-state index contributed by atoms with van der Waals surface area (Å²) in [4.78, 5) is 16.7. The van der Waals surface area contributed by atoms with Crippen molar-refractivity contribution in [2.24, 2.45) is 0 Å². The van der Waals surface area contributed by atoms with E-state index in [4.69, 9.17) is 0 Å². The van der Waals surface area contributed by atoms with Crippen LogP contribution >= 0.6 is 0 Å². The van der Waals surface area contributed by atoms with Gasteiger partial charge in [-0.15, -0.1) is 10.2 Å². The third-order valence-electron chi connectivity index (χ3n) is 4.10. The van der Waals surface area contributed by atoms with Gasteiger partial charge in [0, 0.05) is 44.0 Å². The summed E-state index contributed by atoms with van der Waals surface area (Å²) in [6.45, 7) is 7.18. The Morgan fingerprint density at radius 2 is 1.67 bits per heavy atom. The maximum absolute atomic E-state index is 12.6. The third-order valence-corrected chi connectivity index (χ3v) is 4.10. The lowest BCUT2D eigenvalue weighted by atomic mass is 10.1. The predicted molar refractivity (Wildman–Crippen MR) is 90.0 cm³/mol. The van der Waals surface area contributed by atoms with Crippen LogP contribution in [0.25, 0.3) is 5.69 Å². The summed E-state index contributed by atoms with van der Waals surface area (Å²) in [6, 6.07) is 7.45. The smallest absolute Gasteiger partial charge is 0.253 e. The Kier molecular flexibility index (Phi) is 4.64. The number of carbonyl (C=O) groups is 1.